The van der Waals surface area contributed by atoms with Crippen LogP contribution in [0.1, 0.15) is 55.6 Å². The predicted octanol–water partition coefficient (Wildman–Crippen LogP) is 4.66. The molecule has 0 heterocycles. The fourth-order valence-electron chi connectivity index (χ4n) is 2.98. The van der Waals surface area contributed by atoms with Gasteiger partial charge in [-0.25, -0.2) is 8.78 Å². The minimum Gasteiger partial charge on any atom is -0.508 e. The van der Waals surface area contributed by atoms with Crippen LogP contribution in [-0.2, 0) is 0 Å². The van der Waals surface area contributed by atoms with Gasteiger partial charge in [0.15, 0.2) is 0 Å². The van der Waals surface area contributed by atoms with Crippen LogP contribution < -0.4 is 5.09 Å². The van der Waals surface area contributed by atoms with Crippen LogP contribution >= 0.6 is 9.39 Å². The molecular formula is C15H21F2N2OP. The fraction of sp³-hybridized carbons (Fsp3) is 0.533. The molecule has 2 atom stereocenters. The number of hydrogen-bond acceptors (Lipinski definition) is 3. The molecule has 3 nitrogen and oxygen atoms in total. The summed E-state index contributed by atoms with van der Waals surface area (Å²) in [6.07, 6.45) is 4.41. The molecule has 1 aliphatic rings. The number of phenolic OH excluding ortho intramolecular Hbond substituents is 1. The minimum atomic E-state index is -2.80. The molecule has 1 fully saturated rings. The first kappa shape index (κ1) is 16.2. The van der Waals surface area contributed by atoms with Gasteiger partial charge < -0.3 is 15.6 Å². The second-order valence-electron chi connectivity index (χ2n) is 5.55. The molecule has 3 N–H and O–H groups in total. The van der Waals surface area contributed by atoms with Crippen LogP contribution in [0.5, 0.6) is 5.75 Å². The summed E-state index contributed by atoms with van der Waals surface area (Å²) in [5.41, 5.74) is 1.30. The maximum atomic E-state index is 14.4. The number of anilines is 1. The van der Waals surface area contributed by atoms with Crippen molar-refractivity contribution >= 4 is 21.3 Å². The largest absolute Gasteiger partial charge is 0.508 e. The van der Waals surface area contributed by atoms with Crippen molar-refractivity contribution in [1.29, 1.82) is 5.41 Å². The van der Waals surface area contributed by atoms with Crippen LogP contribution in [0.15, 0.2) is 12.1 Å². The summed E-state index contributed by atoms with van der Waals surface area (Å²) in [6, 6.07) is 2.92. The molecule has 1 aromatic carbocycles. The van der Waals surface area contributed by atoms with E-state index in [0.29, 0.717) is 24.1 Å². The first-order chi connectivity index (χ1) is 9.99. The van der Waals surface area contributed by atoms with Gasteiger partial charge in [-0.05, 0) is 34.4 Å². The lowest BCUT2D eigenvalue weighted by Gasteiger charge is -2.30. The SMILES string of the molecule is N=Cc1cc(O)c(C2CCCCCCC2(F)F)cc1NP. The number of hydrogen-bond donors (Lipinski definition) is 3. The second-order valence-corrected chi connectivity index (χ2v) is 5.84. The Bertz CT molecular complexity index is 523. The minimum absolute atomic E-state index is 0.132. The van der Waals surface area contributed by atoms with Gasteiger partial charge >= 0.3 is 0 Å². The number of aromatic hydroxyl groups is 1. The topological polar surface area (TPSA) is 56.1 Å². The maximum absolute atomic E-state index is 14.4. The quantitative estimate of drug-likeness (QED) is 0.431. The molecule has 0 aromatic heterocycles. The van der Waals surface area contributed by atoms with Crippen molar-refractivity contribution in [3.05, 3.63) is 23.3 Å². The van der Waals surface area contributed by atoms with Crippen molar-refractivity contribution < 1.29 is 13.9 Å². The molecule has 2 rings (SSSR count). The van der Waals surface area contributed by atoms with E-state index in [4.69, 9.17) is 5.41 Å². The lowest BCUT2D eigenvalue weighted by Crippen LogP contribution is -2.28. The summed E-state index contributed by atoms with van der Waals surface area (Å²) >= 11 is 0. The van der Waals surface area contributed by atoms with Crippen molar-refractivity contribution in [2.75, 3.05) is 5.09 Å². The number of nitrogens with one attached hydrogen (secondary N) is 2. The molecule has 21 heavy (non-hydrogen) atoms. The smallest absolute Gasteiger partial charge is 0.255 e. The van der Waals surface area contributed by atoms with E-state index in [-0.39, 0.29) is 17.7 Å². The number of halogens is 2. The van der Waals surface area contributed by atoms with E-state index in [2.05, 4.69) is 14.5 Å². The summed E-state index contributed by atoms with van der Waals surface area (Å²) < 4.78 is 28.8. The normalized spacial score (nSPS) is 22.1. The van der Waals surface area contributed by atoms with Gasteiger partial charge in [0, 0.05) is 29.4 Å². The summed E-state index contributed by atoms with van der Waals surface area (Å²) in [5.74, 6) is -3.92. The molecule has 1 aromatic rings. The van der Waals surface area contributed by atoms with E-state index in [9.17, 15) is 13.9 Å². The van der Waals surface area contributed by atoms with Gasteiger partial charge in [0.2, 0.25) is 0 Å². The Hall–Kier alpha value is -1.22. The van der Waals surface area contributed by atoms with E-state index in [1.165, 1.54) is 6.07 Å². The molecule has 0 radical (unpaired) electrons. The van der Waals surface area contributed by atoms with E-state index in [1.807, 2.05) is 0 Å². The third-order valence-corrected chi connectivity index (χ3v) is 4.46. The second kappa shape index (κ2) is 6.69. The molecule has 0 aliphatic heterocycles. The van der Waals surface area contributed by atoms with E-state index in [0.717, 1.165) is 25.5 Å². The molecule has 1 saturated carbocycles. The average Bonchev–Trinajstić information content (AvgIpc) is 2.44. The van der Waals surface area contributed by atoms with Gasteiger partial charge in [-0.2, -0.15) is 0 Å². The Morgan fingerprint density at radius 1 is 1.29 bits per heavy atom. The third kappa shape index (κ3) is 3.52. The van der Waals surface area contributed by atoms with Crippen molar-refractivity contribution in [3.63, 3.8) is 0 Å². The van der Waals surface area contributed by atoms with Crippen LogP contribution in [0.25, 0.3) is 0 Å². The highest BCUT2D eigenvalue weighted by molar-refractivity contribution is 7.18. The van der Waals surface area contributed by atoms with Gasteiger partial charge in [-0.15, -0.1) is 0 Å². The lowest BCUT2D eigenvalue weighted by atomic mass is 9.82. The summed E-state index contributed by atoms with van der Waals surface area (Å²) in [4.78, 5) is 0. The number of alkyl halides is 2. The van der Waals surface area contributed by atoms with Crippen LogP contribution in [0, 0.1) is 5.41 Å². The van der Waals surface area contributed by atoms with Crippen LogP contribution in [0.2, 0.25) is 0 Å². The highest BCUT2D eigenvalue weighted by Crippen LogP contribution is 2.46. The zero-order valence-electron chi connectivity index (χ0n) is 11.8. The summed E-state index contributed by atoms with van der Waals surface area (Å²) in [6.45, 7) is 0. The van der Waals surface area contributed by atoms with E-state index in [1.54, 1.807) is 6.07 Å². The Labute approximate surface area is 125 Å². The number of rotatable bonds is 3. The number of benzene rings is 1. The first-order valence-corrected chi connectivity index (χ1v) is 7.79. The molecule has 2 unspecified atom stereocenters. The van der Waals surface area contributed by atoms with Crippen molar-refractivity contribution in [2.45, 2.75) is 50.4 Å². The van der Waals surface area contributed by atoms with Crippen LogP contribution in [0.3, 0.4) is 0 Å². The zero-order valence-corrected chi connectivity index (χ0v) is 13.0. The van der Waals surface area contributed by atoms with Crippen molar-refractivity contribution in [1.82, 2.24) is 0 Å². The van der Waals surface area contributed by atoms with Gasteiger partial charge in [0.05, 0.1) is 5.92 Å². The maximum Gasteiger partial charge on any atom is 0.255 e. The molecule has 0 spiro atoms. The monoisotopic (exact) mass is 314 g/mol. The van der Waals surface area contributed by atoms with Crippen molar-refractivity contribution in [2.24, 2.45) is 0 Å². The molecule has 0 amide bonds. The molecule has 0 bridgehead atoms. The standard InChI is InChI=1S/C15H21F2N2OP/c16-15(17)6-4-2-1-3-5-12(15)11-8-13(19-21)10(9-18)7-14(11)20/h7-9,12,18-20H,1-6,21H2. The van der Waals surface area contributed by atoms with Gasteiger partial charge in [0.25, 0.3) is 5.92 Å². The van der Waals surface area contributed by atoms with E-state index >= 15 is 0 Å². The highest BCUT2D eigenvalue weighted by atomic mass is 31.0. The Morgan fingerprint density at radius 2 is 2.00 bits per heavy atom. The Kier molecular flexibility index (Phi) is 5.15. The molecule has 6 heteroatoms. The lowest BCUT2D eigenvalue weighted by molar-refractivity contribution is -0.0448. The summed E-state index contributed by atoms with van der Waals surface area (Å²) in [5, 5.41) is 20.2. The number of phenols is 1. The van der Waals surface area contributed by atoms with E-state index < -0.39 is 11.8 Å². The Balaban J connectivity index is 2.44. The third-order valence-electron chi connectivity index (χ3n) is 4.15. The van der Waals surface area contributed by atoms with Gasteiger partial charge in [0.1, 0.15) is 5.75 Å². The molecule has 0 saturated heterocycles. The van der Waals surface area contributed by atoms with Crippen LogP contribution in [0.4, 0.5) is 14.5 Å². The van der Waals surface area contributed by atoms with Gasteiger partial charge in [-0.1, -0.05) is 19.3 Å². The molecule has 1 aliphatic carbocycles. The van der Waals surface area contributed by atoms with Gasteiger partial charge in [-0.3, -0.25) is 0 Å². The zero-order chi connectivity index (χ0) is 15.5. The van der Waals surface area contributed by atoms with Crippen LogP contribution in [-0.4, -0.2) is 17.2 Å². The molecule has 116 valence electrons. The first-order valence-electron chi connectivity index (χ1n) is 7.21. The Morgan fingerprint density at radius 3 is 2.67 bits per heavy atom. The molecular weight excluding hydrogens is 293 g/mol. The predicted molar refractivity (Wildman–Crippen MR) is 84.7 cm³/mol. The fourth-order valence-corrected chi connectivity index (χ4v) is 3.23. The average molecular weight is 314 g/mol. The summed E-state index contributed by atoms with van der Waals surface area (Å²) in [7, 11) is 2.30. The van der Waals surface area contributed by atoms with Crippen molar-refractivity contribution in [3.8, 4) is 5.75 Å². The highest BCUT2D eigenvalue weighted by Gasteiger charge is 2.41.